The number of aromatic nitrogens is 2. The minimum absolute atomic E-state index is 0.0548. The molecule has 30 heavy (non-hydrogen) atoms. The lowest BCUT2D eigenvalue weighted by atomic mass is 10.1. The van der Waals surface area contributed by atoms with Gasteiger partial charge in [-0.2, -0.15) is 5.10 Å². The molecule has 2 aromatic rings. The SMILES string of the molecule is CCc1nn(CCCOC(=O)c2ccc(C)cc2)c2c1C(=O)NCCCOCCC2. The number of nitrogens with zero attached hydrogens (tertiary/aromatic N) is 2. The van der Waals surface area contributed by atoms with Gasteiger partial charge in [-0.1, -0.05) is 24.6 Å². The van der Waals surface area contributed by atoms with Gasteiger partial charge in [-0.15, -0.1) is 0 Å². The smallest absolute Gasteiger partial charge is 0.338 e. The number of carbonyl (C=O) groups excluding carboxylic acids is 2. The lowest BCUT2D eigenvalue weighted by Gasteiger charge is -2.10. The molecule has 1 aromatic carbocycles. The van der Waals surface area contributed by atoms with E-state index >= 15 is 0 Å². The number of nitrogens with one attached hydrogen (secondary N) is 1. The minimum atomic E-state index is -0.319. The van der Waals surface area contributed by atoms with Gasteiger partial charge < -0.3 is 14.8 Å². The Bertz CT molecular complexity index is 858. The van der Waals surface area contributed by atoms with Crippen LogP contribution in [0, 0.1) is 6.92 Å². The molecule has 1 amide bonds. The zero-order valence-corrected chi connectivity index (χ0v) is 17.9. The number of rotatable bonds is 6. The largest absolute Gasteiger partial charge is 0.462 e. The highest BCUT2D eigenvalue weighted by atomic mass is 16.5. The maximum atomic E-state index is 12.8. The summed E-state index contributed by atoms with van der Waals surface area (Å²) in [7, 11) is 0. The third-order valence-electron chi connectivity index (χ3n) is 5.18. The number of fused-ring (bicyclic) bond motifs is 1. The fourth-order valence-corrected chi connectivity index (χ4v) is 3.56. The van der Waals surface area contributed by atoms with Gasteiger partial charge in [-0.3, -0.25) is 9.48 Å². The Morgan fingerprint density at radius 3 is 2.77 bits per heavy atom. The third-order valence-corrected chi connectivity index (χ3v) is 5.18. The molecule has 0 aliphatic carbocycles. The molecule has 1 N–H and O–H groups in total. The molecule has 0 atom stereocenters. The number of amides is 1. The molecule has 2 heterocycles. The molecule has 7 heteroatoms. The Morgan fingerprint density at radius 2 is 2.00 bits per heavy atom. The number of benzene rings is 1. The monoisotopic (exact) mass is 413 g/mol. The van der Waals surface area contributed by atoms with Crippen molar-refractivity contribution >= 4 is 11.9 Å². The molecule has 0 saturated carbocycles. The third kappa shape index (κ3) is 5.69. The van der Waals surface area contributed by atoms with Gasteiger partial charge in [0, 0.05) is 32.7 Å². The summed E-state index contributed by atoms with van der Waals surface area (Å²) in [4.78, 5) is 24.9. The first kappa shape index (κ1) is 22.0. The molecule has 0 spiro atoms. The Balaban J connectivity index is 1.64. The molecule has 0 unspecified atom stereocenters. The van der Waals surface area contributed by atoms with E-state index in [2.05, 4.69) is 10.4 Å². The molecule has 0 saturated heterocycles. The molecule has 7 nitrogen and oxygen atoms in total. The molecule has 1 aliphatic heterocycles. The summed E-state index contributed by atoms with van der Waals surface area (Å²) in [5, 5.41) is 7.67. The van der Waals surface area contributed by atoms with Crippen LogP contribution in [0.5, 0.6) is 0 Å². The van der Waals surface area contributed by atoms with Gasteiger partial charge in [-0.05, 0) is 44.7 Å². The summed E-state index contributed by atoms with van der Waals surface area (Å²) in [6.07, 6.45) is 3.72. The Hall–Kier alpha value is -2.67. The van der Waals surface area contributed by atoms with Crippen LogP contribution in [0.25, 0.3) is 0 Å². The normalized spacial score (nSPS) is 15.1. The molecule has 3 rings (SSSR count). The molecule has 0 radical (unpaired) electrons. The topological polar surface area (TPSA) is 82.5 Å². The van der Waals surface area contributed by atoms with E-state index in [0.29, 0.717) is 56.9 Å². The van der Waals surface area contributed by atoms with Crippen molar-refractivity contribution in [3.8, 4) is 0 Å². The van der Waals surface area contributed by atoms with E-state index in [9.17, 15) is 9.59 Å². The summed E-state index contributed by atoms with van der Waals surface area (Å²) < 4.78 is 12.9. The standard InChI is InChI=1S/C23H31N3O4/c1-3-19-21-20(7-4-14-29-15-5-12-24-22(21)27)26(25-19)13-6-16-30-23(28)18-10-8-17(2)9-11-18/h8-11H,3-7,12-16H2,1-2H3,(H,24,27). The minimum Gasteiger partial charge on any atom is -0.462 e. The van der Waals surface area contributed by atoms with Crippen molar-refractivity contribution in [2.45, 2.75) is 52.5 Å². The molecule has 162 valence electrons. The number of hydrogen-bond acceptors (Lipinski definition) is 5. The first-order valence-electron chi connectivity index (χ1n) is 10.8. The number of ether oxygens (including phenoxy) is 2. The van der Waals surface area contributed by atoms with Gasteiger partial charge in [0.05, 0.1) is 29.1 Å². The van der Waals surface area contributed by atoms with Crippen molar-refractivity contribution in [3.63, 3.8) is 0 Å². The number of carbonyl (C=O) groups is 2. The van der Waals surface area contributed by atoms with Crippen molar-refractivity contribution in [1.82, 2.24) is 15.1 Å². The molecule has 0 bridgehead atoms. The zero-order valence-electron chi connectivity index (χ0n) is 17.9. The van der Waals surface area contributed by atoms with E-state index in [-0.39, 0.29) is 11.9 Å². The number of esters is 1. The lowest BCUT2D eigenvalue weighted by molar-refractivity contribution is 0.0494. The Labute approximate surface area is 177 Å². The second-order valence-electron chi connectivity index (χ2n) is 7.53. The highest BCUT2D eigenvalue weighted by Gasteiger charge is 2.22. The van der Waals surface area contributed by atoms with Crippen LogP contribution >= 0.6 is 0 Å². The van der Waals surface area contributed by atoms with Gasteiger partial charge in [0.15, 0.2) is 0 Å². The predicted octanol–water partition coefficient (Wildman–Crippen LogP) is 3.08. The van der Waals surface area contributed by atoms with Crippen LogP contribution in [0.2, 0.25) is 0 Å². The number of aryl methyl sites for hydroxylation is 3. The molecule has 1 aromatic heterocycles. The average Bonchev–Trinajstić information content (AvgIpc) is 3.08. The van der Waals surface area contributed by atoms with Crippen LogP contribution < -0.4 is 5.32 Å². The first-order chi connectivity index (χ1) is 14.6. The van der Waals surface area contributed by atoms with Gasteiger partial charge in [-0.25, -0.2) is 4.79 Å². The van der Waals surface area contributed by atoms with Crippen molar-refractivity contribution < 1.29 is 19.1 Å². The maximum absolute atomic E-state index is 12.8. The van der Waals surface area contributed by atoms with Crippen molar-refractivity contribution in [2.24, 2.45) is 0 Å². The van der Waals surface area contributed by atoms with Crippen LogP contribution in [0.15, 0.2) is 24.3 Å². The van der Waals surface area contributed by atoms with E-state index < -0.39 is 0 Å². The maximum Gasteiger partial charge on any atom is 0.338 e. The van der Waals surface area contributed by atoms with Crippen LogP contribution in [0.3, 0.4) is 0 Å². The predicted molar refractivity (Wildman–Crippen MR) is 114 cm³/mol. The summed E-state index contributed by atoms with van der Waals surface area (Å²) in [6, 6.07) is 7.34. The van der Waals surface area contributed by atoms with E-state index in [1.807, 2.05) is 30.7 Å². The van der Waals surface area contributed by atoms with E-state index in [0.717, 1.165) is 36.2 Å². The van der Waals surface area contributed by atoms with Gasteiger partial charge in [0.25, 0.3) is 5.91 Å². The highest BCUT2D eigenvalue weighted by Crippen LogP contribution is 2.19. The van der Waals surface area contributed by atoms with Gasteiger partial charge in [0.2, 0.25) is 0 Å². The lowest BCUT2D eigenvalue weighted by Crippen LogP contribution is -2.26. The quantitative estimate of drug-likeness (QED) is 0.581. The molecular formula is C23H31N3O4. The summed E-state index contributed by atoms with van der Waals surface area (Å²) in [5.74, 6) is -0.374. The molecule has 0 fully saturated rings. The van der Waals surface area contributed by atoms with E-state index in [4.69, 9.17) is 9.47 Å². The van der Waals surface area contributed by atoms with Crippen LogP contribution in [-0.4, -0.2) is 48.0 Å². The van der Waals surface area contributed by atoms with Crippen molar-refractivity contribution in [2.75, 3.05) is 26.4 Å². The van der Waals surface area contributed by atoms with Crippen LogP contribution in [-0.2, 0) is 28.9 Å². The molecular weight excluding hydrogens is 382 g/mol. The van der Waals surface area contributed by atoms with Crippen molar-refractivity contribution in [3.05, 3.63) is 52.3 Å². The van der Waals surface area contributed by atoms with Crippen LogP contribution in [0.4, 0.5) is 0 Å². The second kappa shape index (κ2) is 10.9. The average molecular weight is 414 g/mol. The Kier molecular flexibility index (Phi) is 8.02. The summed E-state index contributed by atoms with van der Waals surface area (Å²) in [5.41, 5.74) is 4.12. The number of hydrogen-bond donors (Lipinski definition) is 1. The van der Waals surface area contributed by atoms with Gasteiger partial charge in [0.1, 0.15) is 0 Å². The first-order valence-corrected chi connectivity index (χ1v) is 10.8. The molecule has 1 aliphatic rings. The second-order valence-corrected chi connectivity index (χ2v) is 7.53. The Morgan fingerprint density at radius 1 is 1.23 bits per heavy atom. The fourth-order valence-electron chi connectivity index (χ4n) is 3.56. The van der Waals surface area contributed by atoms with E-state index in [1.165, 1.54) is 0 Å². The van der Waals surface area contributed by atoms with E-state index in [1.54, 1.807) is 12.1 Å². The summed E-state index contributed by atoms with van der Waals surface area (Å²) >= 11 is 0. The highest BCUT2D eigenvalue weighted by molar-refractivity contribution is 5.96. The summed E-state index contributed by atoms with van der Waals surface area (Å²) in [6.45, 7) is 6.83. The zero-order chi connectivity index (χ0) is 21.3. The van der Waals surface area contributed by atoms with Crippen molar-refractivity contribution in [1.29, 1.82) is 0 Å². The van der Waals surface area contributed by atoms with Crippen LogP contribution in [0.1, 0.15) is 63.9 Å². The van der Waals surface area contributed by atoms with Gasteiger partial charge >= 0.3 is 5.97 Å². The fraction of sp³-hybridized carbons (Fsp3) is 0.522.